The highest BCUT2D eigenvalue weighted by Crippen LogP contribution is 2.28. The Morgan fingerprint density at radius 1 is 1.03 bits per heavy atom. The highest BCUT2D eigenvalue weighted by Gasteiger charge is 2.27. The van der Waals surface area contributed by atoms with Crippen LogP contribution < -0.4 is 9.64 Å². The molecule has 0 saturated carbocycles. The number of para-hydroxylation sites is 2. The van der Waals surface area contributed by atoms with Crippen molar-refractivity contribution in [1.82, 2.24) is 19.9 Å². The minimum absolute atomic E-state index is 0.0782. The number of halogens is 1. The van der Waals surface area contributed by atoms with Crippen molar-refractivity contribution in [3.63, 3.8) is 0 Å². The van der Waals surface area contributed by atoms with E-state index in [-0.39, 0.29) is 5.91 Å². The molecule has 0 bridgehead atoms. The van der Waals surface area contributed by atoms with Gasteiger partial charge in [0.2, 0.25) is 0 Å². The van der Waals surface area contributed by atoms with E-state index in [9.17, 15) is 4.79 Å². The van der Waals surface area contributed by atoms with E-state index in [0.29, 0.717) is 18.8 Å². The number of ether oxygens (including phenoxy) is 1. The normalized spacial score (nSPS) is 14.2. The lowest BCUT2D eigenvalue weighted by atomic mass is 10.2. The van der Waals surface area contributed by atoms with Gasteiger partial charge in [0.1, 0.15) is 5.75 Å². The first-order chi connectivity index (χ1) is 14.1. The molecule has 1 aliphatic rings. The molecule has 150 valence electrons. The maximum absolute atomic E-state index is 13.0. The molecule has 0 unspecified atom stereocenters. The van der Waals surface area contributed by atoms with Crippen LogP contribution in [0.1, 0.15) is 16.2 Å². The molecular formula is C21H22BrN5O2. The number of benzene rings is 2. The summed E-state index contributed by atoms with van der Waals surface area (Å²) in [6, 6.07) is 15.7. The van der Waals surface area contributed by atoms with E-state index in [1.807, 2.05) is 60.4 Å². The molecule has 0 atom stereocenters. The Balaban J connectivity index is 1.47. The monoisotopic (exact) mass is 455 g/mol. The minimum Gasteiger partial charge on any atom is -0.495 e. The van der Waals surface area contributed by atoms with Gasteiger partial charge in [-0.05, 0) is 43.3 Å². The number of carbonyl (C=O) groups excluding carboxylic acids is 1. The van der Waals surface area contributed by atoms with Gasteiger partial charge in [0, 0.05) is 30.7 Å². The quantitative estimate of drug-likeness (QED) is 0.603. The second-order valence-corrected chi connectivity index (χ2v) is 7.78. The van der Waals surface area contributed by atoms with Crippen molar-refractivity contribution < 1.29 is 9.53 Å². The molecule has 2 heterocycles. The molecule has 1 fully saturated rings. The van der Waals surface area contributed by atoms with Crippen LogP contribution in [0.5, 0.6) is 5.75 Å². The molecule has 4 rings (SSSR count). The second kappa shape index (κ2) is 8.24. The predicted molar refractivity (Wildman–Crippen MR) is 115 cm³/mol. The van der Waals surface area contributed by atoms with Crippen molar-refractivity contribution in [2.75, 3.05) is 38.2 Å². The zero-order valence-electron chi connectivity index (χ0n) is 16.4. The molecule has 29 heavy (non-hydrogen) atoms. The van der Waals surface area contributed by atoms with Gasteiger partial charge in [-0.2, -0.15) is 0 Å². The molecule has 1 saturated heterocycles. The van der Waals surface area contributed by atoms with Crippen molar-refractivity contribution in [3.8, 4) is 11.4 Å². The Labute approximate surface area is 178 Å². The van der Waals surface area contributed by atoms with E-state index in [1.54, 1.807) is 11.8 Å². The smallest absolute Gasteiger partial charge is 0.276 e. The number of hydrogen-bond donors (Lipinski definition) is 0. The number of nitrogens with zero attached hydrogens (tertiary/aromatic N) is 5. The van der Waals surface area contributed by atoms with Crippen LogP contribution in [0, 0.1) is 6.92 Å². The molecule has 0 aliphatic carbocycles. The zero-order valence-corrected chi connectivity index (χ0v) is 18.0. The van der Waals surface area contributed by atoms with Crippen LogP contribution in [-0.2, 0) is 0 Å². The molecule has 3 aromatic rings. The Morgan fingerprint density at radius 3 is 2.41 bits per heavy atom. The third-order valence-electron chi connectivity index (χ3n) is 5.16. The van der Waals surface area contributed by atoms with Crippen LogP contribution in [0.15, 0.2) is 53.0 Å². The van der Waals surface area contributed by atoms with Crippen molar-refractivity contribution in [2.24, 2.45) is 0 Å². The Bertz CT molecular complexity index is 1010. The number of rotatable bonds is 4. The van der Waals surface area contributed by atoms with Crippen LogP contribution in [0.3, 0.4) is 0 Å². The molecule has 1 aliphatic heterocycles. The van der Waals surface area contributed by atoms with E-state index < -0.39 is 0 Å². The van der Waals surface area contributed by atoms with Crippen LogP contribution in [0.2, 0.25) is 0 Å². The fraction of sp³-hybridized carbons (Fsp3) is 0.286. The van der Waals surface area contributed by atoms with Crippen LogP contribution in [0.4, 0.5) is 5.69 Å². The summed E-state index contributed by atoms with van der Waals surface area (Å²) >= 11 is 3.43. The molecule has 8 heteroatoms. The summed E-state index contributed by atoms with van der Waals surface area (Å²) in [6.45, 7) is 4.61. The predicted octanol–water partition coefficient (Wildman–Crippen LogP) is 3.31. The van der Waals surface area contributed by atoms with E-state index in [4.69, 9.17) is 4.74 Å². The largest absolute Gasteiger partial charge is 0.495 e. The first-order valence-corrected chi connectivity index (χ1v) is 10.2. The summed E-state index contributed by atoms with van der Waals surface area (Å²) in [5, 5.41) is 8.36. The molecule has 0 radical (unpaired) electrons. The van der Waals surface area contributed by atoms with E-state index in [0.717, 1.165) is 40.4 Å². The average Bonchev–Trinajstić information content (AvgIpc) is 3.15. The molecule has 0 spiro atoms. The van der Waals surface area contributed by atoms with Crippen molar-refractivity contribution >= 4 is 27.5 Å². The lowest BCUT2D eigenvalue weighted by molar-refractivity contribution is 0.0740. The van der Waals surface area contributed by atoms with E-state index in [1.165, 1.54) is 0 Å². The SMILES string of the molecule is COc1ccccc1N1CCN(C(=O)c2nnn(-c3ccc(Br)cc3)c2C)CC1. The number of methoxy groups -OCH3 is 1. The van der Waals surface area contributed by atoms with Gasteiger partial charge in [0.05, 0.1) is 24.2 Å². The van der Waals surface area contributed by atoms with Gasteiger partial charge >= 0.3 is 0 Å². The lowest BCUT2D eigenvalue weighted by Crippen LogP contribution is -2.49. The van der Waals surface area contributed by atoms with Crippen molar-refractivity contribution in [3.05, 3.63) is 64.4 Å². The summed E-state index contributed by atoms with van der Waals surface area (Å²) in [6.07, 6.45) is 0. The molecular weight excluding hydrogens is 434 g/mol. The fourth-order valence-electron chi connectivity index (χ4n) is 3.55. The van der Waals surface area contributed by atoms with Gasteiger partial charge in [0.15, 0.2) is 5.69 Å². The molecule has 0 N–H and O–H groups in total. The third kappa shape index (κ3) is 3.85. The van der Waals surface area contributed by atoms with Crippen LogP contribution >= 0.6 is 15.9 Å². The molecule has 2 aromatic carbocycles. The molecule has 1 amide bonds. The molecule has 7 nitrogen and oxygen atoms in total. The number of anilines is 1. The maximum atomic E-state index is 13.0. The second-order valence-electron chi connectivity index (χ2n) is 6.86. The van der Waals surface area contributed by atoms with Gasteiger partial charge in [-0.1, -0.05) is 33.3 Å². The van der Waals surface area contributed by atoms with Crippen molar-refractivity contribution in [2.45, 2.75) is 6.92 Å². The van der Waals surface area contributed by atoms with Gasteiger partial charge in [-0.25, -0.2) is 4.68 Å². The maximum Gasteiger partial charge on any atom is 0.276 e. The fourth-order valence-corrected chi connectivity index (χ4v) is 3.81. The third-order valence-corrected chi connectivity index (χ3v) is 5.69. The number of aromatic nitrogens is 3. The minimum atomic E-state index is -0.0782. The highest BCUT2D eigenvalue weighted by molar-refractivity contribution is 9.10. The summed E-state index contributed by atoms with van der Waals surface area (Å²) in [5.41, 5.74) is 3.07. The van der Waals surface area contributed by atoms with Gasteiger partial charge in [-0.15, -0.1) is 5.10 Å². The van der Waals surface area contributed by atoms with Gasteiger partial charge in [-0.3, -0.25) is 4.79 Å². The Kier molecular flexibility index (Phi) is 5.53. The number of piperazine rings is 1. The summed E-state index contributed by atoms with van der Waals surface area (Å²) < 4.78 is 8.15. The number of amides is 1. The molecule has 1 aromatic heterocycles. The Hall–Kier alpha value is -2.87. The standard InChI is InChI=1S/C21H22BrN5O2/c1-15-20(23-24-27(15)17-9-7-16(22)8-10-17)21(28)26-13-11-25(12-14-26)18-5-3-4-6-19(18)29-2/h3-10H,11-14H2,1-2H3. The summed E-state index contributed by atoms with van der Waals surface area (Å²) in [4.78, 5) is 17.1. The number of hydrogen-bond acceptors (Lipinski definition) is 5. The van der Waals surface area contributed by atoms with Gasteiger partial charge in [0.25, 0.3) is 5.91 Å². The summed E-state index contributed by atoms with van der Waals surface area (Å²) in [7, 11) is 1.68. The van der Waals surface area contributed by atoms with Gasteiger partial charge < -0.3 is 14.5 Å². The first kappa shape index (κ1) is 19.4. The average molecular weight is 456 g/mol. The van der Waals surface area contributed by atoms with E-state index in [2.05, 4.69) is 31.1 Å². The summed E-state index contributed by atoms with van der Waals surface area (Å²) in [5.74, 6) is 0.770. The zero-order chi connectivity index (χ0) is 20.4. The Morgan fingerprint density at radius 2 is 1.72 bits per heavy atom. The topological polar surface area (TPSA) is 63.5 Å². The van der Waals surface area contributed by atoms with E-state index >= 15 is 0 Å². The highest BCUT2D eigenvalue weighted by atomic mass is 79.9. The van der Waals surface area contributed by atoms with Crippen LogP contribution in [-0.4, -0.2) is 59.1 Å². The van der Waals surface area contributed by atoms with Crippen LogP contribution in [0.25, 0.3) is 5.69 Å². The lowest BCUT2D eigenvalue weighted by Gasteiger charge is -2.36. The van der Waals surface area contributed by atoms with Crippen molar-refractivity contribution in [1.29, 1.82) is 0 Å². The number of carbonyl (C=O) groups is 1. The first-order valence-electron chi connectivity index (χ1n) is 9.44.